The van der Waals surface area contributed by atoms with Crippen molar-refractivity contribution in [2.45, 2.75) is 51.7 Å². The number of carbonyl (C=O) groups is 1. The normalized spacial score (nSPS) is 22.4. The number of guanidine groups is 1. The molecule has 0 aromatic carbocycles. The van der Waals surface area contributed by atoms with Crippen LogP contribution >= 0.6 is 0 Å². The predicted octanol–water partition coefficient (Wildman–Crippen LogP) is 1.19. The number of nitrogens with one attached hydrogen (secondary N) is 2. The molecule has 0 aromatic rings. The number of unbranched alkanes of at least 4 members (excludes halogenated alkanes) is 1. The van der Waals surface area contributed by atoms with E-state index in [2.05, 4.69) is 37.4 Å². The molecule has 0 radical (unpaired) electrons. The number of likely N-dealkylation sites (tertiary alicyclic amines) is 1. The number of rotatable bonds is 6. The molecule has 0 bridgehead atoms. The van der Waals surface area contributed by atoms with E-state index in [9.17, 15) is 4.79 Å². The van der Waals surface area contributed by atoms with Gasteiger partial charge in [0, 0.05) is 52.9 Å². The van der Waals surface area contributed by atoms with E-state index in [1.165, 1.54) is 39.1 Å². The number of likely N-dealkylation sites (N-methyl/N-ethyl adjacent to an activating group) is 1. The molecule has 2 heterocycles. The van der Waals surface area contributed by atoms with Gasteiger partial charge in [0.05, 0.1) is 6.04 Å². The average Bonchev–Trinajstić information content (AvgIpc) is 3.06. The van der Waals surface area contributed by atoms with E-state index in [1.54, 1.807) is 0 Å². The largest absolute Gasteiger partial charge is 0.444 e. The number of ether oxygens (including phenoxy) is 1. The Labute approximate surface area is 170 Å². The van der Waals surface area contributed by atoms with Crippen LogP contribution < -0.4 is 10.6 Å². The lowest BCUT2D eigenvalue weighted by Gasteiger charge is -2.32. The molecule has 2 rings (SSSR count). The smallest absolute Gasteiger partial charge is 0.407 e. The second-order valence-corrected chi connectivity index (χ2v) is 8.90. The molecule has 1 amide bonds. The summed E-state index contributed by atoms with van der Waals surface area (Å²) in [4.78, 5) is 23.5. The van der Waals surface area contributed by atoms with Crippen molar-refractivity contribution >= 4 is 12.1 Å². The second-order valence-electron chi connectivity index (χ2n) is 8.90. The van der Waals surface area contributed by atoms with Gasteiger partial charge in [0.15, 0.2) is 5.96 Å². The maximum Gasteiger partial charge on any atom is 0.407 e. The van der Waals surface area contributed by atoms with Crippen LogP contribution in [-0.4, -0.2) is 105 Å². The first-order valence-electron chi connectivity index (χ1n) is 10.6. The highest BCUT2D eigenvalue weighted by molar-refractivity contribution is 5.80. The summed E-state index contributed by atoms with van der Waals surface area (Å²) in [5.74, 6) is 0.924. The van der Waals surface area contributed by atoms with Crippen molar-refractivity contribution in [3.63, 3.8) is 0 Å². The van der Waals surface area contributed by atoms with Crippen molar-refractivity contribution in [3.8, 4) is 0 Å². The van der Waals surface area contributed by atoms with Gasteiger partial charge < -0.3 is 30.1 Å². The van der Waals surface area contributed by atoms with E-state index in [0.29, 0.717) is 0 Å². The summed E-state index contributed by atoms with van der Waals surface area (Å²) < 4.78 is 5.35. The molecule has 0 aliphatic carbocycles. The molecule has 28 heavy (non-hydrogen) atoms. The first-order valence-corrected chi connectivity index (χ1v) is 10.6. The van der Waals surface area contributed by atoms with Crippen LogP contribution in [-0.2, 0) is 4.74 Å². The Hall–Kier alpha value is -1.54. The highest BCUT2D eigenvalue weighted by atomic mass is 16.6. The number of carbonyl (C=O) groups excluding carboxylic acids is 1. The number of nitrogens with zero attached hydrogens (tertiary/aromatic N) is 4. The Morgan fingerprint density at radius 3 is 2.50 bits per heavy atom. The molecule has 2 N–H and O–H groups in total. The zero-order valence-electron chi connectivity index (χ0n) is 18.5. The minimum Gasteiger partial charge on any atom is -0.444 e. The third-order valence-electron chi connectivity index (χ3n) is 5.20. The van der Waals surface area contributed by atoms with Crippen molar-refractivity contribution in [1.82, 2.24) is 25.3 Å². The van der Waals surface area contributed by atoms with Crippen LogP contribution in [0.1, 0.15) is 40.0 Å². The van der Waals surface area contributed by atoms with Crippen LogP contribution in [0, 0.1) is 0 Å². The molecule has 0 saturated carbocycles. The molecule has 1 atom stereocenters. The Kier molecular flexibility index (Phi) is 8.82. The van der Waals surface area contributed by atoms with E-state index >= 15 is 0 Å². The van der Waals surface area contributed by atoms with Crippen LogP contribution in [0.5, 0.6) is 0 Å². The number of hydrogen-bond donors (Lipinski definition) is 2. The van der Waals surface area contributed by atoms with E-state index in [-0.39, 0.29) is 12.1 Å². The molecule has 2 aliphatic heterocycles. The number of amides is 1. The number of aliphatic imine (C=N–C) groups is 1. The van der Waals surface area contributed by atoms with Gasteiger partial charge in [0.25, 0.3) is 0 Å². The van der Waals surface area contributed by atoms with E-state index in [1.807, 2.05) is 27.8 Å². The molecule has 2 fully saturated rings. The first-order chi connectivity index (χ1) is 13.3. The molecular formula is C20H40N6O2. The molecule has 2 saturated heterocycles. The number of piperazine rings is 1. The molecular weight excluding hydrogens is 356 g/mol. The lowest BCUT2D eigenvalue weighted by atomic mass is 10.2. The van der Waals surface area contributed by atoms with Crippen LogP contribution in [0.2, 0.25) is 0 Å². The van der Waals surface area contributed by atoms with Gasteiger partial charge in [-0.05, 0) is 53.6 Å². The van der Waals surface area contributed by atoms with Gasteiger partial charge in [0.2, 0.25) is 0 Å². The maximum atomic E-state index is 11.9. The van der Waals surface area contributed by atoms with Gasteiger partial charge in [-0.2, -0.15) is 0 Å². The van der Waals surface area contributed by atoms with Crippen molar-refractivity contribution in [3.05, 3.63) is 0 Å². The van der Waals surface area contributed by atoms with E-state index < -0.39 is 5.60 Å². The maximum absolute atomic E-state index is 11.9. The molecule has 0 spiro atoms. The lowest BCUT2D eigenvalue weighted by Crippen LogP contribution is -2.45. The SMILES string of the molecule is CN=C(NCCCCN1CCN(C)CC1)N1CC[C@@H](NC(=O)OC(C)(C)C)C1. The third-order valence-corrected chi connectivity index (χ3v) is 5.20. The van der Waals surface area contributed by atoms with Gasteiger partial charge in [-0.25, -0.2) is 4.79 Å². The molecule has 2 aliphatic rings. The molecule has 8 nitrogen and oxygen atoms in total. The summed E-state index contributed by atoms with van der Waals surface area (Å²) in [6, 6.07) is 0.102. The average molecular weight is 397 g/mol. The summed E-state index contributed by atoms with van der Waals surface area (Å²) in [7, 11) is 4.01. The van der Waals surface area contributed by atoms with Crippen LogP contribution in [0.25, 0.3) is 0 Å². The number of hydrogen-bond acceptors (Lipinski definition) is 5. The molecule has 0 aromatic heterocycles. The fourth-order valence-electron chi connectivity index (χ4n) is 3.61. The first kappa shape index (κ1) is 22.7. The zero-order chi connectivity index (χ0) is 20.6. The summed E-state index contributed by atoms with van der Waals surface area (Å²) in [6.07, 6.45) is 2.91. The van der Waals surface area contributed by atoms with E-state index in [4.69, 9.17) is 4.74 Å². The fraction of sp³-hybridized carbons (Fsp3) is 0.900. The number of alkyl carbamates (subject to hydrolysis) is 1. The van der Waals surface area contributed by atoms with E-state index in [0.717, 1.165) is 38.4 Å². The standard InChI is InChI=1S/C20H40N6O2/c1-20(2,3)28-19(27)23-17-8-11-26(16-17)18(21-4)22-9-6-7-10-25-14-12-24(5)13-15-25/h17H,6-16H2,1-5H3,(H,21,22)(H,23,27)/t17-/m1/s1. The van der Waals surface area contributed by atoms with Gasteiger partial charge in [-0.1, -0.05) is 0 Å². The summed E-state index contributed by atoms with van der Waals surface area (Å²) in [5, 5.41) is 6.44. The second kappa shape index (κ2) is 10.9. The summed E-state index contributed by atoms with van der Waals surface area (Å²) in [6.45, 7) is 14.1. The Bertz CT molecular complexity index is 511. The Morgan fingerprint density at radius 1 is 1.14 bits per heavy atom. The fourth-order valence-corrected chi connectivity index (χ4v) is 3.61. The van der Waals surface area contributed by atoms with Gasteiger partial charge in [-0.15, -0.1) is 0 Å². The van der Waals surface area contributed by atoms with Gasteiger partial charge in [0.1, 0.15) is 5.60 Å². The van der Waals surface area contributed by atoms with Crippen LogP contribution in [0.3, 0.4) is 0 Å². The third kappa shape index (κ3) is 8.22. The monoisotopic (exact) mass is 396 g/mol. The lowest BCUT2D eigenvalue weighted by molar-refractivity contribution is 0.0507. The molecule has 162 valence electrons. The highest BCUT2D eigenvalue weighted by Crippen LogP contribution is 2.12. The zero-order valence-corrected chi connectivity index (χ0v) is 18.5. The van der Waals surface area contributed by atoms with Gasteiger partial charge in [-0.3, -0.25) is 4.99 Å². The Morgan fingerprint density at radius 2 is 1.86 bits per heavy atom. The quantitative estimate of drug-likeness (QED) is 0.399. The minimum absolute atomic E-state index is 0.102. The van der Waals surface area contributed by atoms with Gasteiger partial charge >= 0.3 is 6.09 Å². The van der Waals surface area contributed by atoms with Crippen molar-refractivity contribution in [1.29, 1.82) is 0 Å². The van der Waals surface area contributed by atoms with Crippen LogP contribution in [0.15, 0.2) is 4.99 Å². The highest BCUT2D eigenvalue weighted by Gasteiger charge is 2.27. The van der Waals surface area contributed by atoms with Crippen molar-refractivity contribution in [2.24, 2.45) is 4.99 Å². The van der Waals surface area contributed by atoms with Crippen molar-refractivity contribution < 1.29 is 9.53 Å². The topological polar surface area (TPSA) is 72.4 Å². The molecule has 8 heteroatoms. The summed E-state index contributed by atoms with van der Waals surface area (Å²) in [5.41, 5.74) is -0.468. The van der Waals surface area contributed by atoms with Crippen LogP contribution in [0.4, 0.5) is 4.79 Å². The molecule has 0 unspecified atom stereocenters. The summed E-state index contributed by atoms with van der Waals surface area (Å²) >= 11 is 0. The van der Waals surface area contributed by atoms with Crippen molar-refractivity contribution in [2.75, 3.05) is 66.5 Å². The minimum atomic E-state index is -0.468. The Balaban J connectivity index is 1.61. The predicted molar refractivity (Wildman–Crippen MR) is 114 cm³/mol.